The van der Waals surface area contributed by atoms with Crippen molar-refractivity contribution in [1.29, 1.82) is 0 Å². The van der Waals surface area contributed by atoms with Crippen LogP contribution in [0, 0.1) is 13.8 Å². The average molecular weight is 289 g/mol. The van der Waals surface area contributed by atoms with Gasteiger partial charge in [0.05, 0.1) is 11.1 Å². The Labute approximate surface area is 126 Å². The number of nitrogens with zero attached hydrogens (tertiary/aromatic N) is 1. The Morgan fingerprint density at radius 3 is 2.50 bits per heavy atom. The first-order chi connectivity index (χ1) is 9.61. The summed E-state index contributed by atoms with van der Waals surface area (Å²) in [5.74, 6) is 0. The number of benzene rings is 1. The molecule has 2 aromatic rings. The predicted octanol–water partition coefficient (Wildman–Crippen LogP) is 4.44. The molecule has 106 valence electrons. The number of halogens is 1. The molecular weight excluding hydrogens is 268 g/mol. The first kappa shape index (κ1) is 15.0. The molecule has 0 saturated carbocycles. The third kappa shape index (κ3) is 3.59. The molecular formula is C17H21ClN2. The lowest BCUT2D eigenvalue weighted by Gasteiger charge is -2.21. The van der Waals surface area contributed by atoms with Crippen molar-refractivity contribution in [2.45, 2.75) is 33.2 Å². The van der Waals surface area contributed by atoms with Crippen molar-refractivity contribution >= 4 is 11.6 Å². The molecule has 0 spiro atoms. The fourth-order valence-corrected chi connectivity index (χ4v) is 2.72. The first-order valence-electron chi connectivity index (χ1n) is 7.02. The SMILES string of the molecule is CCCNC(c1cc(C)cc(C)c1)c1ccncc1Cl. The monoisotopic (exact) mass is 288 g/mol. The summed E-state index contributed by atoms with van der Waals surface area (Å²) in [6.45, 7) is 7.37. The number of rotatable bonds is 5. The van der Waals surface area contributed by atoms with Gasteiger partial charge in [-0.2, -0.15) is 0 Å². The third-order valence-electron chi connectivity index (χ3n) is 3.29. The molecule has 2 nitrogen and oxygen atoms in total. The number of aromatic nitrogens is 1. The van der Waals surface area contributed by atoms with Crippen LogP contribution >= 0.6 is 11.6 Å². The highest BCUT2D eigenvalue weighted by Crippen LogP contribution is 2.28. The van der Waals surface area contributed by atoms with Gasteiger partial charge in [-0.15, -0.1) is 0 Å². The van der Waals surface area contributed by atoms with Crippen molar-refractivity contribution in [2.75, 3.05) is 6.54 Å². The van der Waals surface area contributed by atoms with E-state index in [0.29, 0.717) is 5.02 Å². The van der Waals surface area contributed by atoms with E-state index in [4.69, 9.17) is 11.6 Å². The molecule has 0 saturated heterocycles. The fraction of sp³-hybridized carbons (Fsp3) is 0.353. The summed E-state index contributed by atoms with van der Waals surface area (Å²) in [6.07, 6.45) is 4.59. The van der Waals surface area contributed by atoms with Gasteiger partial charge in [-0.05, 0) is 44.0 Å². The van der Waals surface area contributed by atoms with Crippen LogP contribution in [0.3, 0.4) is 0 Å². The molecule has 0 radical (unpaired) electrons. The normalized spacial score (nSPS) is 12.4. The van der Waals surface area contributed by atoms with Gasteiger partial charge in [0.2, 0.25) is 0 Å². The van der Waals surface area contributed by atoms with E-state index in [9.17, 15) is 0 Å². The van der Waals surface area contributed by atoms with Crippen LogP contribution in [0.5, 0.6) is 0 Å². The maximum absolute atomic E-state index is 6.32. The molecule has 3 heteroatoms. The molecule has 1 aromatic heterocycles. The van der Waals surface area contributed by atoms with Gasteiger partial charge in [0.25, 0.3) is 0 Å². The Morgan fingerprint density at radius 1 is 1.20 bits per heavy atom. The highest BCUT2D eigenvalue weighted by atomic mass is 35.5. The topological polar surface area (TPSA) is 24.9 Å². The van der Waals surface area contributed by atoms with E-state index in [1.807, 2.05) is 6.07 Å². The number of aryl methyl sites for hydroxylation is 2. The first-order valence-corrected chi connectivity index (χ1v) is 7.40. The van der Waals surface area contributed by atoms with Gasteiger partial charge in [-0.25, -0.2) is 0 Å². The van der Waals surface area contributed by atoms with Crippen molar-refractivity contribution in [3.8, 4) is 0 Å². The summed E-state index contributed by atoms with van der Waals surface area (Å²) < 4.78 is 0. The highest BCUT2D eigenvalue weighted by molar-refractivity contribution is 6.31. The van der Waals surface area contributed by atoms with Crippen LogP contribution in [0.2, 0.25) is 5.02 Å². The van der Waals surface area contributed by atoms with Gasteiger partial charge in [-0.3, -0.25) is 4.98 Å². The standard InChI is InChI=1S/C17H21ClN2/c1-4-6-20-17(15-5-7-19-11-16(15)18)14-9-12(2)8-13(3)10-14/h5,7-11,17,20H,4,6H2,1-3H3. The maximum atomic E-state index is 6.32. The molecule has 1 atom stereocenters. The van der Waals surface area contributed by atoms with Crippen LogP contribution in [0.1, 0.15) is 41.6 Å². The molecule has 0 amide bonds. The van der Waals surface area contributed by atoms with Crippen molar-refractivity contribution in [3.63, 3.8) is 0 Å². The predicted molar refractivity (Wildman–Crippen MR) is 85.3 cm³/mol. The number of hydrogen-bond donors (Lipinski definition) is 1. The van der Waals surface area contributed by atoms with Crippen LogP contribution < -0.4 is 5.32 Å². The van der Waals surface area contributed by atoms with Crippen molar-refractivity contribution in [2.24, 2.45) is 0 Å². The van der Waals surface area contributed by atoms with Gasteiger partial charge >= 0.3 is 0 Å². The van der Waals surface area contributed by atoms with Crippen molar-refractivity contribution in [3.05, 3.63) is 63.9 Å². The zero-order chi connectivity index (χ0) is 14.5. The van der Waals surface area contributed by atoms with Crippen molar-refractivity contribution in [1.82, 2.24) is 10.3 Å². The van der Waals surface area contributed by atoms with Crippen LogP contribution in [0.4, 0.5) is 0 Å². The maximum Gasteiger partial charge on any atom is 0.0640 e. The molecule has 0 aliphatic rings. The van der Waals surface area contributed by atoms with E-state index in [1.165, 1.54) is 16.7 Å². The summed E-state index contributed by atoms with van der Waals surface area (Å²) in [7, 11) is 0. The van der Waals surface area contributed by atoms with Gasteiger partial charge in [0.15, 0.2) is 0 Å². The second-order valence-electron chi connectivity index (χ2n) is 5.21. The second-order valence-corrected chi connectivity index (χ2v) is 5.61. The second kappa shape index (κ2) is 6.87. The summed E-state index contributed by atoms with van der Waals surface area (Å²) in [4.78, 5) is 4.08. The van der Waals surface area contributed by atoms with Crippen LogP contribution in [0.15, 0.2) is 36.7 Å². The summed E-state index contributed by atoms with van der Waals surface area (Å²) in [6, 6.07) is 8.74. The van der Waals surface area contributed by atoms with Gasteiger partial charge < -0.3 is 5.32 Å². The number of hydrogen-bond acceptors (Lipinski definition) is 2. The Hall–Kier alpha value is -1.38. The fourth-order valence-electron chi connectivity index (χ4n) is 2.49. The van der Waals surface area contributed by atoms with E-state index in [1.54, 1.807) is 12.4 Å². The van der Waals surface area contributed by atoms with Gasteiger partial charge in [0, 0.05) is 12.4 Å². The van der Waals surface area contributed by atoms with E-state index >= 15 is 0 Å². The molecule has 2 rings (SSSR count). The zero-order valence-electron chi connectivity index (χ0n) is 12.3. The third-order valence-corrected chi connectivity index (χ3v) is 3.61. The van der Waals surface area contributed by atoms with Gasteiger partial charge in [0.1, 0.15) is 0 Å². The quantitative estimate of drug-likeness (QED) is 0.880. The summed E-state index contributed by atoms with van der Waals surface area (Å²) in [5.41, 5.74) is 4.88. The van der Waals surface area contributed by atoms with E-state index in [-0.39, 0.29) is 6.04 Å². The van der Waals surface area contributed by atoms with Crippen molar-refractivity contribution < 1.29 is 0 Å². The van der Waals surface area contributed by atoms with E-state index < -0.39 is 0 Å². The molecule has 0 aliphatic carbocycles. The molecule has 1 unspecified atom stereocenters. The summed E-state index contributed by atoms with van der Waals surface area (Å²) in [5, 5.41) is 4.29. The van der Waals surface area contributed by atoms with Crippen LogP contribution in [-0.2, 0) is 0 Å². The zero-order valence-corrected chi connectivity index (χ0v) is 13.0. The molecule has 1 aromatic carbocycles. The number of pyridine rings is 1. The summed E-state index contributed by atoms with van der Waals surface area (Å²) >= 11 is 6.32. The lowest BCUT2D eigenvalue weighted by Crippen LogP contribution is -2.23. The molecule has 1 N–H and O–H groups in total. The molecule has 0 fully saturated rings. The Morgan fingerprint density at radius 2 is 1.90 bits per heavy atom. The van der Waals surface area contributed by atoms with Gasteiger partial charge in [-0.1, -0.05) is 47.9 Å². The van der Waals surface area contributed by atoms with Crippen LogP contribution in [-0.4, -0.2) is 11.5 Å². The van der Waals surface area contributed by atoms with E-state index in [0.717, 1.165) is 18.5 Å². The Bertz CT molecular complexity index is 561. The largest absolute Gasteiger partial charge is 0.306 e. The average Bonchev–Trinajstić information content (AvgIpc) is 2.40. The molecule has 1 heterocycles. The minimum Gasteiger partial charge on any atom is -0.306 e. The Balaban J connectivity index is 2.44. The molecule has 0 bridgehead atoms. The Kier molecular flexibility index (Phi) is 5.16. The van der Waals surface area contributed by atoms with Crippen LogP contribution in [0.25, 0.3) is 0 Å². The molecule has 0 aliphatic heterocycles. The number of nitrogens with one attached hydrogen (secondary N) is 1. The lowest BCUT2D eigenvalue weighted by atomic mass is 9.96. The highest BCUT2D eigenvalue weighted by Gasteiger charge is 2.16. The lowest BCUT2D eigenvalue weighted by molar-refractivity contribution is 0.597. The smallest absolute Gasteiger partial charge is 0.0640 e. The minimum absolute atomic E-state index is 0.115. The molecule has 20 heavy (non-hydrogen) atoms. The van der Waals surface area contributed by atoms with E-state index in [2.05, 4.69) is 49.3 Å². The minimum atomic E-state index is 0.115.